The van der Waals surface area contributed by atoms with Gasteiger partial charge in [-0.3, -0.25) is 10.2 Å². The first-order chi connectivity index (χ1) is 20.8. The van der Waals surface area contributed by atoms with E-state index in [9.17, 15) is 5.11 Å². The van der Waals surface area contributed by atoms with Crippen LogP contribution in [0.15, 0.2) is 12.2 Å². The first-order valence-corrected chi connectivity index (χ1v) is 17.2. The van der Waals surface area contributed by atoms with Crippen molar-refractivity contribution in [2.24, 2.45) is 34.8 Å². The zero-order valence-corrected chi connectivity index (χ0v) is 30.6. The van der Waals surface area contributed by atoms with Crippen LogP contribution in [-0.2, 0) is 4.74 Å². The van der Waals surface area contributed by atoms with Gasteiger partial charge in [0.2, 0.25) is 0 Å². The summed E-state index contributed by atoms with van der Waals surface area (Å²) in [7, 11) is 3.64. The Morgan fingerprint density at radius 1 is 1.07 bits per heavy atom. The van der Waals surface area contributed by atoms with E-state index >= 15 is 0 Å². The van der Waals surface area contributed by atoms with Crippen molar-refractivity contribution in [2.75, 3.05) is 92.9 Å². The Kier molecular flexibility index (Phi) is 30.7. The zero-order chi connectivity index (χ0) is 33.8. The summed E-state index contributed by atoms with van der Waals surface area (Å²) in [6.45, 7) is 27.9. The fraction of sp³-hybridized carbons (Fsp3) is 0.941. The number of aliphatic hydroxyl groups is 2. The highest BCUT2D eigenvalue weighted by atomic mass is 16.5. The smallest absolute Gasteiger partial charge is 0.109 e. The maximum Gasteiger partial charge on any atom is 0.109 e. The summed E-state index contributed by atoms with van der Waals surface area (Å²) >= 11 is 0. The van der Waals surface area contributed by atoms with Gasteiger partial charge in [-0.2, -0.15) is 0 Å². The Bertz CT molecular complexity index is 634. The Hall–Kier alpha value is -0.660. The van der Waals surface area contributed by atoms with Gasteiger partial charge in [-0.1, -0.05) is 74.0 Å². The number of piperidine rings is 1. The van der Waals surface area contributed by atoms with Crippen molar-refractivity contribution in [3.63, 3.8) is 0 Å². The molecule has 5 unspecified atom stereocenters. The summed E-state index contributed by atoms with van der Waals surface area (Å²) < 4.78 is 4.85. The lowest BCUT2D eigenvalue weighted by Gasteiger charge is -2.41. The van der Waals surface area contributed by atoms with E-state index in [1.807, 2.05) is 7.05 Å². The fourth-order valence-corrected chi connectivity index (χ4v) is 4.81. The fourth-order valence-electron chi connectivity index (χ4n) is 4.81. The number of methoxy groups -OCH3 is 1. The van der Waals surface area contributed by atoms with Crippen LogP contribution in [0.5, 0.6) is 0 Å². The van der Waals surface area contributed by atoms with Crippen LogP contribution in [0.2, 0.25) is 0 Å². The average Bonchev–Trinajstić information content (AvgIpc) is 2.98. The molecular formula is C34H77N7O3. The molecule has 9 N–H and O–H groups in total. The molecule has 5 atom stereocenters. The predicted octanol–water partition coefficient (Wildman–Crippen LogP) is 2.43. The van der Waals surface area contributed by atoms with E-state index in [1.165, 1.54) is 6.42 Å². The number of hydrogen-bond donors (Lipinski definition) is 8. The van der Waals surface area contributed by atoms with Crippen molar-refractivity contribution >= 4 is 0 Å². The molecule has 1 rings (SSSR count). The van der Waals surface area contributed by atoms with E-state index in [1.54, 1.807) is 7.11 Å². The van der Waals surface area contributed by atoms with E-state index in [4.69, 9.17) is 15.6 Å². The zero-order valence-electron chi connectivity index (χ0n) is 30.6. The summed E-state index contributed by atoms with van der Waals surface area (Å²) in [4.78, 5) is 2.60. The van der Waals surface area contributed by atoms with E-state index in [0.29, 0.717) is 35.9 Å². The summed E-state index contributed by atoms with van der Waals surface area (Å²) in [5, 5.41) is 35.3. The topological polar surface area (TPSA) is 139 Å². The molecule has 10 nitrogen and oxygen atoms in total. The molecule has 0 saturated carbocycles. The van der Waals surface area contributed by atoms with Gasteiger partial charge in [-0.15, -0.1) is 0 Å². The van der Waals surface area contributed by atoms with Crippen LogP contribution in [0.1, 0.15) is 74.7 Å². The van der Waals surface area contributed by atoms with Crippen molar-refractivity contribution in [3.05, 3.63) is 12.2 Å². The summed E-state index contributed by atoms with van der Waals surface area (Å²) in [5.74, 6) is 2.14. The Morgan fingerprint density at radius 3 is 2.32 bits per heavy atom. The Balaban J connectivity index is 0. The largest absolute Gasteiger partial charge is 0.396 e. The van der Waals surface area contributed by atoms with Crippen LogP contribution >= 0.6 is 0 Å². The van der Waals surface area contributed by atoms with Gasteiger partial charge in [0.05, 0.1) is 6.61 Å². The first-order valence-electron chi connectivity index (χ1n) is 17.2. The van der Waals surface area contributed by atoms with E-state index < -0.39 is 6.23 Å². The van der Waals surface area contributed by atoms with E-state index in [0.717, 1.165) is 78.4 Å². The molecule has 1 fully saturated rings. The lowest BCUT2D eigenvalue weighted by Crippen LogP contribution is -2.55. The van der Waals surface area contributed by atoms with E-state index in [-0.39, 0.29) is 12.5 Å². The quantitative estimate of drug-likeness (QED) is 0.0542. The molecule has 0 aliphatic carbocycles. The van der Waals surface area contributed by atoms with Gasteiger partial charge < -0.3 is 42.0 Å². The van der Waals surface area contributed by atoms with Crippen LogP contribution in [0.25, 0.3) is 0 Å². The summed E-state index contributed by atoms with van der Waals surface area (Å²) in [6, 6.07) is 0.474. The number of aliphatic hydroxyl groups excluding tert-OH is 2. The number of allylic oxidation sites excluding steroid dienone is 1. The maximum absolute atomic E-state index is 10.5. The van der Waals surface area contributed by atoms with Crippen molar-refractivity contribution < 1.29 is 14.9 Å². The van der Waals surface area contributed by atoms with Gasteiger partial charge in [-0.25, -0.2) is 0 Å². The second kappa shape index (κ2) is 29.7. The molecule has 266 valence electrons. The number of rotatable bonds is 21. The number of ether oxygens (including phenoxy) is 1. The van der Waals surface area contributed by atoms with Gasteiger partial charge in [0.25, 0.3) is 0 Å². The van der Waals surface area contributed by atoms with Crippen LogP contribution in [0.4, 0.5) is 0 Å². The molecule has 0 bridgehead atoms. The Labute approximate surface area is 273 Å². The number of nitrogens with two attached hydrogens (primary N) is 1. The van der Waals surface area contributed by atoms with Crippen molar-refractivity contribution in [2.45, 2.75) is 86.9 Å². The van der Waals surface area contributed by atoms with Crippen LogP contribution in [0.3, 0.4) is 0 Å². The predicted molar refractivity (Wildman–Crippen MR) is 190 cm³/mol. The minimum atomic E-state index is -0.444. The molecule has 1 heterocycles. The lowest BCUT2D eigenvalue weighted by molar-refractivity contribution is 0.0290. The molecule has 10 heteroatoms. The molecule has 0 spiro atoms. The van der Waals surface area contributed by atoms with Gasteiger partial charge in [0.1, 0.15) is 6.23 Å². The minimum absolute atomic E-state index is 0.253. The van der Waals surface area contributed by atoms with Crippen molar-refractivity contribution in [1.82, 2.24) is 31.5 Å². The first kappa shape index (κ1) is 45.5. The number of likely N-dealkylation sites (N-methyl/N-ethyl adjacent to an activating group) is 1. The Morgan fingerprint density at radius 2 is 1.77 bits per heavy atom. The van der Waals surface area contributed by atoms with Gasteiger partial charge in [-0.05, 0) is 56.1 Å². The SMILES string of the molecule is CC(C)(C)CNCCCO.CCC(C)/C=C\COC.CNCCNC(O)C1CNCC(N(CC(C)C)CC(C)CNCN)C1. The molecule has 1 aliphatic heterocycles. The van der Waals surface area contributed by atoms with Crippen molar-refractivity contribution in [3.8, 4) is 0 Å². The monoisotopic (exact) mass is 632 g/mol. The molecule has 0 aromatic carbocycles. The second-order valence-electron chi connectivity index (χ2n) is 14.0. The summed E-state index contributed by atoms with van der Waals surface area (Å²) in [5.41, 5.74) is 5.92. The van der Waals surface area contributed by atoms with Gasteiger partial charge in [0.15, 0.2) is 0 Å². The van der Waals surface area contributed by atoms with Gasteiger partial charge in [0, 0.05) is 78.2 Å². The molecular weight excluding hydrogens is 554 g/mol. The number of nitrogens with one attached hydrogen (secondary N) is 5. The van der Waals surface area contributed by atoms with E-state index in [2.05, 4.69) is 99.0 Å². The second-order valence-corrected chi connectivity index (χ2v) is 14.0. The van der Waals surface area contributed by atoms with Crippen molar-refractivity contribution in [1.29, 1.82) is 0 Å². The molecule has 0 amide bonds. The standard InChI is InChI=1S/C18H42N6O.C8H19NO.C8H16O/c1-14(2)11-24(12-15(3)8-22-13-19)17-7-16(9-21-10-17)18(25)23-6-5-20-4;1-8(2,3)7-9-5-4-6-10;1-4-8(2)6-5-7-9-3/h14-18,20-23,25H,5-13,19H2,1-4H3;9-10H,4-7H2,1-3H3;5-6,8H,4,7H2,1-3H3/b;;6-5-. The minimum Gasteiger partial charge on any atom is -0.396 e. The number of nitrogens with zero attached hydrogens (tertiary/aromatic N) is 1. The van der Waals surface area contributed by atoms with Crippen LogP contribution in [-0.4, -0.2) is 120 Å². The summed E-state index contributed by atoms with van der Waals surface area (Å²) in [6.07, 6.45) is 6.90. The molecule has 1 aliphatic rings. The van der Waals surface area contributed by atoms with Gasteiger partial charge >= 0.3 is 0 Å². The van der Waals surface area contributed by atoms with Crippen LogP contribution in [0, 0.1) is 29.1 Å². The third-order valence-electron chi connectivity index (χ3n) is 7.37. The molecule has 0 radical (unpaired) electrons. The highest BCUT2D eigenvalue weighted by molar-refractivity contribution is 4.87. The normalized spacial score (nSPS) is 19.3. The third kappa shape index (κ3) is 28.8. The average molecular weight is 632 g/mol. The number of hydrogen-bond acceptors (Lipinski definition) is 10. The molecule has 1 saturated heterocycles. The highest BCUT2D eigenvalue weighted by Gasteiger charge is 2.31. The maximum atomic E-state index is 10.5. The third-order valence-corrected chi connectivity index (χ3v) is 7.37. The lowest BCUT2D eigenvalue weighted by atomic mass is 9.92. The molecule has 0 aromatic rings. The molecule has 0 aromatic heterocycles. The highest BCUT2D eigenvalue weighted by Crippen LogP contribution is 2.20. The molecule has 44 heavy (non-hydrogen) atoms. The van der Waals surface area contributed by atoms with Crippen LogP contribution < -0.4 is 32.3 Å².